The molecule has 0 saturated heterocycles. The molecule has 1 fully saturated rings. The van der Waals surface area contributed by atoms with Crippen molar-refractivity contribution in [2.24, 2.45) is 5.92 Å². The Kier molecular flexibility index (Phi) is 1.63. The van der Waals surface area contributed by atoms with E-state index in [0.29, 0.717) is 5.92 Å². The first-order valence-corrected chi connectivity index (χ1v) is 5.26. The number of rotatable bonds is 0. The number of hydrogen-bond acceptors (Lipinski definition) is 1. The van der Waals surface area contributed by atoms with E-state index < -0.39 is 0 Å². The lowest BCUT2D eigenvalue weighted by Crippen LogP contribution is -2.30. The molecule has 0 radical (unpaired) electrons. The molecule has 1 aliphatic carbocycles. The number of amides is 1. The highest BCUT2D eigenvalue weighted by Gasteiger charge is 2.38. The second-order valence-electron chi connectivity index (χ2n) is 4.22. The van der Waals surface area contributed by atoms with Crippen molar-refractivity contribution in [2.45, 2.75) is 25.2 Å². The molecule has 1 amide bonds. The number of fused-ring (bicyclic) bond motifs is 3. The van der Waals surface area contributed by atoms with Gasteiger partial charge in [-0.2, -0.15) is 0 Å². The summed E-state index contributed by atoms with van der Waals surface area (Å²) in [6.07, 6.45) is 3.43. The summed E-state index contributed by atoms with van der Waals surface area (Å²) in [4.78, 5) is 11.7. The third kappa shape index (κ3) is 0.999. The SMILES string of the molecule is O=C1Nc2ccccc2C2CCC[C@@H]12. The van der Waals surface area contributed by atoms with Crippen molar-refractivity contribution in [2.75, 3.05) is 5.32 Å². The van der Waals surface area contributed by atoms with E-state index in [9.17, 15) is 4.79 Å². The maximum absolute atomic E-state index is 11.7. The van der Waals surface area contributed by atoms with Crippen LogP contribution in [0.3, 0.4) is 0 Å². The van der Waals surface area contributed by atoms with E-state index in [-0.39, 0.29) is 11.8 Å². The van der Waals surface area contributed by atoms with Crippen LogP contribution in [0.5, 0.6) is 0 Å². The number of hydrogen-bond donors (Lipinski definition) is 1. The van der Waals surface area contributed by atoms with Crippen LogP contribution >= 0.6 is 0 Å². The number of carbonyl (C=O) groups is 1. The Morgan fingerprint density at radius 3 is 2.86 bits per heavy atom. The molecular formula is C12H13NO. The molecule has 14 heavy (non-hydrogen) atoms. The summed E-state index contributed by atoms with van der Waals surface area (Å²) in [6.45, 7) is 0. The van der Waals surface area contributed by atoms with Gasteiger partial charge in [-0.05, 0) is 30.4 Å². The zero-order chi connectivity index (χ0) is 9.54. The number of anilines is 1. The lowest BCUT2D eigenvalue weighted by Gasteiger charge is -2.27. The van der Waals surface area contributed by atoms with E-state index in [2.05, 4.69) is 17.4 Å². The van der Waals surface area contributed by atoms with Crippen LogP contribution in [0.2, 0.25) is 0 Å². The second kappa shape index (κ2) is 2.84. The highest BCUT2D eigenvalue weighted by Crippen LogP contribution is 2.45. The zero-order valence-corrected chi connectivity index (χ0v) is 7.99. The molecule has 1 aliphatic heterocycles. The van der Waals surface area contributed by atoms with Gasteiger partial charge in [-0.1, -0.05) is 24.6 Å². The normalized spacial score (nSPS) is 29.3. The molecule has 0 spiro atoms. The van der Waals surface area contributed by atoms with Gasteiger partial charge in [-0.3, -0.25) is 4.79 Å². The Morgan fingerprint density at radius 2 is 1.93 bits per heavy atom. The standard InChI is InChI=1S/C12H13NO/c14-12-10-6-3-5-8(10)9-4-1-2-7-11(9)13-12/h1-2,4,7-8,10H,3,5-6H2,(H,13,14)/t8?,10-/m1/s1. The first kappa shape index (κ1) is 8.04. The van der Waals surface area contributed by atoms with Crippen molar-refractivity contribution in [3.05, 3.63) is 29.8 Å². The monoisotopic (exact) mass is 187 g/mol. The molecule has 72 valence electrons. The number of benzene rings is 1. The van der Waals surface area contributed by atoms with Crippen LogP contribution in [0.15, 0.2) is 24.3 Å². The van der Waals surface area contributed by atoms with Crippen LogP contribution in [0.1, 0.15) is 30.7 Å². The van der Waals surface area contributed by atoms with E-state index >= 15 is 0 Å². The van der Waals surface area contributed by atoms with Gasteiger partial charge in [-0.15, -0.1) is 0 Å². The molecule has 1 aromatic carbocycles. The molecule has 1 N–H and O–H groups in total. The fourth-order valence-electron chi connectivity index (χ4n) is 2.81. The van der Waals surface area contributed by atoms with Crippen molar-refractivity contribution in [1.29, 1.82) is 0 Å². The molecule has 1 heterocycles. The van der Waals surface area contributed by atoms with E-state index in [1.54, 1.807) is 0 Å². The topological polar surface area (TPSA) is 29.1 Å². The first-order chi connectivity index (χ1) is 6.86. The van der Waals surface area contributed by atoms with Gasteiger partial charge in [0, 0.05) is 11.6 Å². The minimum Gasteiger partial charge on any atom is -0.326 e. The van der Waals surface area contributed by atoms with Gasteiger partial charge in [0.25, 0.3) is 0 Å². The molecule has 2 atom stereocenters. The Balaban J connectivity index is 2.11. The minimum atomic E-state index is 0.228. The fourth-order valence-corrected chi connectivity index (χ4v) is 2.81. The molecule has 0 bridgehead atoms. The first-order valence-electron chi connectivity index (χ1n) is 5.26. The predicted octanol–water partition coefficient (Wildman–Crippen LogP) is 2.52. The van der Waals surface area contributed by atoms with Crippen molar-refractivity contribution in [3.63, 3.8) is 0 Å². The molecule has 1 unspecified atom stereocenters. The largest absolute Gasteiger partial charge is 0.326 e. The summed E-state index contributed by atoms with van der Waals surface area (Å²) in [5, 5.41) is 2.99. The maximum Gasteiger partial charge on any atom is 0.228 e. The molecule has 1 aromatic rings. The summed E-state index contributed by atoms with van der Waals surface area (Å²) in [6, 6.07) is 8.19. The van der Waals surface area contributed by atoms with E-state index in [1.165, 1.54) is 18.4 Å². The lowest BCUT2D eigenvalue weighted by atomic mass is 9.84. The number of nitrogens with one attached hydrogen (secondary N) is 1. The minimum absolute atomic E-state index is 0.228. The van der Waals surface area contributed by atoms with Gasteiger partial charge in [0.1, 0.15) is 0 Å². The Hall–Kier alpha value is -1.31. The van der Waals surface area contributed by atoms with Crippen molar-refractivity contribution < 1.29 is 4.79 Å². The van der Waals surface area contributed by atoms with E-state index in [0.717, 1.165) is 12.1 Å². The molecular weight excluding hydrogens is 174 g/mol. The highest BCUT2D eigenvalue weighted by atomic mass is 16.2. The molecule has 3 rings (SSSR count). The zero-order valence-electron chi connectivity index (χ0n) is 7.99. The van der Waals surface area contributed by atoms with Crippen LogP contribution in [0, 0.1) is 5.92 Å². The van der Waals surface area contributed by atoms with Gasteiger partial charge >= 0.3 is 0 Å². The van der Waals surface area contributed by atoms with Gasteiger partial charge in [-0.25, -0.2) is 0 Å². The highest BCUT2D eigenvalue weighted by molar-refractivity contribution is 5.96. The molecule has 0 aromatic heterocycles. The fraction of sp³-hybridized carbons (Fsp3) is 0.417. The third-order valence-electron chi connectivity index (χ3n) is 3.47. The molecule has 2 aliphatic rings. The van der Waals surface area contributed by atoms with Crippen LogP contribution < -0.4 is 5.32 Å². The molecule has 2 nitrogen and oxygen atoms in total. The average Bonchev–Trinajstić information content (AvgIpc) is 2.67. The quantitative estimate of drug-likeness (QED) is 0.664. The second-order valence-corrected chi connectivity index (χ2v) is 4.22. The van der Waals surface area contributed by atoms with E-state index in [4.69, 9.17) is 0 Å². The summed E-state index contributed by atoms with van der Waals surface area (Å²) in [7, 11) is 0. The van der Waals surface area contributed by atoms with E-state index in [1.807, 2.05) is 12.1 Å². The van der Waals surface area contributed by atoms with Crippen LogP contribution in [-0.4, -0.2) is 5.91 Å². The Morgan fingerprint density at radius 1 is 1.14 bits per heavy atom. The van der Waals surface area contributed by atoms with Gasteiger partial charge in [0.15, 0.2) is 0 Å². The summed E-state index contributed by atoms with van der Waals surface area (Å²) in [5.74, 6) is 0.955. The van der Waals surface area contributed by atoms with Gasteiger partial charge < -0.3 is 5.32 Å². The predicted molar refractivity (Wildman–Crippen MR) is 55.2 cm³/mol. The van der Waals surface area contributed by atoms with Gasteiger partial charge in [0.05, 0.1) is 0 Å². The lowest BCUT2D eigenvalue weighted by molar-refractivity contribution is -0.120. The maximum atomic E-state index is 11.7. The third-order valence-corrected chi connectivity index (χ3v) is 3.47. The Bertz CT molecular complexity index is 386. The molecule has 2 heteroatoms. The van der Waals surface area contributed by atoms with Gasteiger partial charge in [0.2, 0.25) is 5.91 Å². The average molecular weight is 187 g/mol. The van der Waals surface area contributed by atoms with Crippen LogP contribution in [0.25, 0.3) is 0 Å². The Labute approximate surface area is 83.3 Å². The molecule has 1 saturated carbocycles. The van der Waals surface area contributed by atoms with Crippen molar-refractivity contribution in [3.8, 4) is 0 Å². The van der Waals surface area contributed by atoms with Crippen molar-refractivity contribution in [1.82, 2.24) is 0 Å². The van der Waals surface area contributed by atoms with Crippen LogP contribution in [-0.2, 0) is 4.79 Å². The summed E-state index contributed by atoms with van der Waals surface area (Å²) >= 11 is 0. The van der Waals surface area contributed by atoms with Crippen molar-refractivity contribution >= 4 is 11.6 Å². The number of carbonyl (C=O) groups excluding carboxylic acids is 1. The van der Waals surface area contributed by atoms with Crippen LogP contribution in [0.4, 0.5) is 5.69 Å². The summed E-state index contributed by atoms with van der Waals surface area (Å²) < 4.78 is 0. The number of para-hydroxylation sites is 1. The smallest absolute Gasteiger partial charge is 0.228 e. The summed E-state index contributed by atoms with van der Waals surface area (Å²) in [5.41, 5.74) is 2.37.